The lowest BCUT2D eigenvalue weighted by Gasteiger charge is -2.45. The number of fused-ring (bicyclic) bond motifs is 3. The molecule has 2 aromatic carbocycles. The molecule has 1 fully saturated rings. The molecule has 0 radical (unpaired) electrons. The first kappa shape index (κ1) is 17.0. The number of benzene rings is 2. The van der Waals surface area contributed by atoms with E-state index in [2.05, 4.69) is 10.2 Å². The van der Waals surface area contributed by atoms with Crippen LogP contribution in [0.15, 0.2) is 52.7 Å². The normalized spacial score (nSPS) is 23.7. The van der Waals surface area contributed by atoms with Gasteiger partial charge < -0.3 is 9.47 Å². The highest BCUT2D eigenvalue weighted by Gasteiger charge is 2.48. The van der Waals surface area contributed by atoms with Crippen LogP contribution in [-0.4, -0.2) is 18.2 Å². The van der Waals surface area contributed by atoms with E-state index in [4.69, 9.17) is 21.1 Å². The summed E-state index contributed by atoms with van der Waals surface area (Å²) in [5, 5.41) is 9.23. The maximum absolute atomic E-state index is 12.1. The van der Waals surface area contributed by atoms with Gasteiger partial charge in [-0.25, -0.2) is 0 Å². The number of hydrogen-bond donors (Lipinski definition) is 0. The van der Waals surface area contributed by atoms with Crippen LogP contribution < -0.4 is 4.74 Å². The number of rotatable bonds is 2. The van der Waals surface area contributed by atoms with Crippen LogP contribution in [0, 0.1) is 5.92 Å². The smallest absolute Gasteiger partial charge is 0.306 e. The summed E-state index contributed by atoms with van der Waals surface area (Å²) in [6.45, 7) is 4.43. The molecule has 0 bridgehead atoms. The van der Waals surface area contributed by atoms with Crippen LogP contribution in [-0.2, 0) is 9.53 Å². The first-order valence-corrected chi connectivity index (χ1v) is 8.96. The van der Waals surface area contributed by atoms with Crippen LogP contribution in [0.25, 0.3) is 0 Å². The lowest BCUT2D eigenvalue weighted by Crippen LogP contribution is -2.49. The molecule has 0 aromatic heterocycles. The van der Waals surface area contributed by atoms with Gasteiger partial charge >= 0.3 is 5.97 Å². The Hall–Kier alpha value is -2.40. The Bertz CT molecular complexity index is 877. The number of ether oxygens (including phenoxy) is 2. The molecule has 1 saturated heterocycles. The molecule has 0 aliphatic carbocycles. The van der Waals surface area contributed by atoms with Gasteiger partial charge in [0.05, 0.1) is 24.4 Å². The van der Waals surface area contributed by atoms with E-state index in [1.165, 1.54) is 0 Å². The summed E-state index contributed by atoms with van der Waals surface area (Å²) in [7, 11) is 0. The molecule has 2 atom stereocenters. The third kappa shape index (κ3) is 3.19. The molecule has 4 rings (SSSR count). The number of cyclic esters (lactones) is 1. The summed E-state index contributed by atoms with van der Waals surface area (Å²) >= 11 is 5.88. The fraction of sp³-hybridized carbons (Fsp3) is 0.350. The highest BCUT2D eigenvalue weighted by atomic mass is 35.5. The Morgan fingerprint density at radius 1 is 1.08 bits per heavy atom. The minimum absolute atomic E-state index is 0.0701. The molecule has 0 amide bonds. The van der Waals surface area contributed by atoms with Crippen molar-refractivity contribution in [2.75, 3.05) is 6.61 Å². The van der Waals surface area contributed by atoms with Crippen molar-refractivity contribution in [3.8, 4) is 5.75 Å². The predicted octanol–water partition coefficient (Wildman–Crippen LogP) is 5.57. The monoisotopic (exact) mass is 370 g/mol. The second kappa shape index (κ2) is 6.40. The maximum Gasteiger partial charge on any atom is 0.306 e. The Labute approximate surface area is 157 Å². The van der Waals surface area contributed by atoms with Crippen LogP contribution >= 0.6 is 11.6 Å². The first-order chi connectivity index (χ1) is 12.4. The maximum atomic E-state index is 12.1. The van der Waals surface area contributed by atoms with Gasteiger partial charge in [0.2, 0.25) is 0 Å². The molecule has 6 heteroatoms. The average molecular weight is 371 g/mol. The van der Waals surface area contributed by atoms with Crippen LogP contribution in [0.3, 0.4) is 0 Å². The quantitative estimate of drug-likeness (QED) is 0.512. The number of halogens is 1. The molecule has 2 aromatic rings. The summed E-state index contributed by atoms with van der Waals surface area (Å²) in [4.78, 5) is 12.1. The summed E-state index contributed by atoms with van der Waals surface area (Å²) in [5.41, 5.74) is 1.90. The number of carbonyl (C=O) groups is 1. The Kier molecular flexibility index (Phi) is 4.19. The molecule has 0 spiro atoms. The summed E-state index contributed by atoms with van der Waals surface area (Å²) in [6, 6.07) is 12.9. The number of azo groups is 1. The van der Waals surface area contributed by atoms with Gasteiger partial charge in [-0.3, -0.25) is 4.79 Å². The zero-order valence-electron chi connectivity index (χ0n) is 14.6. The van der Waals surface area contributed by atoms with E-state index < -0.39 is 5.60 Å². The van der Waals surface area contributed by atoms with Gasteiger partial charge in [-0.05, 0) is 56.3 Å². The van der Waals surface area contributed by atoms with Crippen molar-refractivity contribution >= 4 is 28.9 Å². The number of esters is 1. The SMILES string of the molecule is CC1(C)OC(=O)C[C@H]2c3cc(N=Nc4ccc(Cl)cc4)ccc3OC[C@H]21. The van der Waals surface area contributed by atoms with Crippen molar-refractivity contribution in [1.29, 1.82) is 0 Å². The second-order valence-corrected chi connectivity index (χ2v) is 7.64. The van der Waals surface area contributed by atoms with Gasteiger partial charge in [0.15, 0.2) is 0 Å². The summed E-state index contributed by atoms with van der Waals surface area (Å²) in [6.07, 6.45) is 0.363. The summed E-state index contributed by atoms with van der Waals surface area (Å²) < 4.78 is 11.4. The molecule has 5 nitrogen and oxygen atoms in total. The number of carbonyl (C=O) groups excluding carboxylic acids is 1. The van der Waals surface area contributed by atoms with Crippen molar-refractivity contribution in [3.63, 3.8) is 0 Å². The Balaban J connectivity index is 1.65. The van der Waals surface area contributed by atoms with Crippen LogP contribution in [0.2, 0.25) is 5.02 Å². The van der Waals surface area contributed by atoms with E-state index in [1.807, 2.05) is 44.2 Å². The zero-order valence-corrected chi connectivity index (χ0v) is 15.4. The third-order valence-corrected chi connectivity index (χ3v) is 5.31. The van der Waals surface area contributed by atoms with Crippen LogP contribution in [0.1, 0.15) is 31.7 Å². The van der Waals surface area contributed by atoms with Crippen LogP contribution in [0.5, 0.6) is 5.75 Å². The van der Waals surface area contributed by atoms with Gasteiger partial charge in [0, 0.05) is 22.4 Å². The Morgan fingerprint density at radius 3 is 2.54 bits per heavy atom. The molecule has 0 N–H and O–H groups in total. The van der Waals surface area contributed by atoms with Gasteiger partial charge in [-0.1, -0.05) is 11.6 Å². The standard InChI is InChI=1S/C20H19ClN2O3/c1-20(2)17-11-25-18-8-7-14(9-16(18)15(17)10-19(24)26-20)23-22-13-5-3-12(21)4-6-13/h3-9,15,17H,10-11H2,1-2H3/t15-,17+/m0/s1. The van der Waals surface area contributed by atoms with E-state index in [1.54, 1.807) is 12.1 Å². The zero-order chi connectivity index (χ0) is 18.3. The minimum atomic E-state index is -0.543. The van der Waals surface area contributed by atoms with Crippen molar-refractivity contribution < 1.29 is 14.3 Å². The van der Waals surface area contributed by atoms with E-state index >= 15 is 0 Å². The second-order valence-electron chi connectivity index (χ2n) is 7.20. The van der Waals surface area contributed by atoms with E-state index in [9.17, 15) is 4.79 Å². The molecular weight excluding hydrogens is 352 g/mol. The third-order valence-electron chi connectivity index (χ3n) is 5.06. The van der Waals surface area contributed by atoms with E-state index in [-0.39, 0.29) is 17.8 Å². The molecule has 134 valence electrons. The first-order valence-electron chi connectivity index (χ1n) is 8.58. The lowest BCUT2D eigenvalue weighted by atomic mass is 9.72. The molecular formula is C20H19ClN2O3. The van der Waals surface area contributed by atoms with E-state index in [0.29, 0.717) is 18.1 Å². The molecule has 0 unspecified atom stereocenters. The van der Waals surface area contributed by atoms with Crippen LogP contribution in [0.4, 0.5) is 11.4 Å². The highest BCUT2D eigenvalue weighted by molar-refractivity contribution is 6.30. The van der Waals surface area contributed by atoms with Gasteiger partial charge in [0.25, 0.3) is 0 Å². The molecule has 0 saturated carbocycles. The highest BCUT2D eigenvalue weighted by Crippen LogP contribution is 2.48. The average Bonchev–Trinajstić information content (AvgIpc) is 2.60. The molecule has 2 aliphatic heterocycles. The molecule has 2 aliphatic rings. The van der Waals surface area contributed by atoms with E-state index in [0.717, 1.165) is 22.7 Å². The predicted molar refractivity (Wildman–Crippen MR) is 98.6 cm³/mol. The topological polar surface area (TPSA) is 60.2 Å². The van der Waals surface area contributed by atoms with Crippen molar-refractivity contribution in [2.24, 2.45) is 16.1 Å². The molecule has 2 heterocycles. The van der Waals surface area contributed by atoms with Crippen molar-refractivity contribution in [3.05, 3.63) is 53.1 Å². The van der Waals surface area contributed by atoms with Crippen molar-refractivity contribution in [1.82, 2.24) is 0 Å². The Morgan fingerprint density at radius 2 is 1.77 bits per heavy atom. The lowest BCUT2D eigenvalue weighted by molar-refractivity contribution is -0.176. The molecule has 26 heavy (non-hydrogen) atoms. The number of hydrogen-bond acceptors (Lipinski definition) is 5. The van der Waals surface area contributed by atoms with Gasteiger partial charge in [-0.15, -0.1) is 0 Å². The number of nitrogens with zero attached hydrogens (tertiary/aromatic N) is 2. The van der Waals surface area contributed by atoms with Crippen molar-refractivity contribution in [2.45, 2.75) is 31.8 Å². The minimum Gasteiger partial charge on any atom is -0.493 e. The van der Waals surface area contributed by atoms with Gasteiger partial charge in [-0.2, -0.15) is 10.2 Å². The fourth-order valence-electron chi connectivity index (χ4n) is 3.68. The fourth-order valence-corrected chi connectivity index (χ4v) is 3.81. The van der Waals surface area contributed by atoms with Gasteiger partial charge in [0.1, 0.15) is 11.4 Å². The largest absolute Gasteiger partial charge is 0.493 e. The summed E-state index contributed by atoms with van der Waals surface area (Å²) in [5.74, 6) is 0.830.